The summed E-state index contributed by atoms with van der Waals surface area (Å²) in [5, 5.41) is 0.986. The van der Waals surface area contributed by atoms with Crippen molar-refractivity contribution < 1.29 is 19.1 Å². The van der Waals surface area contributed by atoms with Gasteiger partial charge in [0, 0.05) is 16.5 Å². The molecule has 1 unspecified atom stereocenters. The maximum atomic E-state index is 13.5. The molecule has 2 atom stereocenters. The van der Waals surface area contributed by atoms with Crippen molar-refractivity contribution in [2.45, 2.75) is 52.0 Å². The summed E-state index contributed by atoms with van der Waals surface area (Å²) in [6.45, 7) is 5.51. The molecule has 4 heterocycles. The maximum absolute atomic E-state index is 13.5. The van der Waals surface area contributed by atoms with Crippen LogP contribution in [0.15, 0.2) is 41.2 Å². The molecule has 33 heavy (non-hydrogen) atoms. The number of carbonyl (C=O) groups excluding carboxylic acids is 2. The minimum atomic E-state index is -1.73. The normalized spacial score (nSPS) is 19.6. The zero-order chi connectivity index (χ0) is 23.5. The van der Waals surface area contributed by atoms with Crippen molar-refractivity contribution in [3.63, 3.8) is 0 Å². The van der Waals surface area contributed by atoms with Crippen LogP contribution in [0.4, 0.5) is 0 Å². The molecule has 2 aliphatic rings. The number of hydrogen-bond donors (Lipinski definition) is 1. The van der Waals surface area contributed by atoms with Crippen LogP contribution in [0.5, 0.6) is 0 Å². The smallest absolute Gasteiger partial charge is 0.355 e. The molecule has 0 bridgehead atoms. The molecule has 0 amide bonds. The van der Waals surface area contributed by atoms with E-state index in [2.05, 4.69) is 0 Å². The van der Waals surface area contributed by atoms with E-state index in [0.717, 1.165) is 16.5 Å². The van der Waals surface area contributed by atoms with Crippen LogP contribution in [0, 0.1) is 5.92 Å². The number of esters is 2. The summed E-state index contributed by atoms with van der Waals surface area (Å²) >= 11 is 0. The largest absolute Gasteiger partial charge is 0.457 e. The molecule has 0 saturated heterocycles. The molecule has 5 rings (SSSR count). The Balaban J connectivity index is 1.70. The number of aromatic nitrogens is 2. The first-order valence-electron chi connectivity index (χ1n) is 11.1. The number of hydrogen-bond acceptors (Lipinski definition) is 7. The topological polar surface area (TPSA) is 114 Å². The van der Waals surface area contributed by atoms with Crippen LogP contribution in [-0.2, 0) is 37.8 Å². The summed E-state index contributed by atoms with van der Waals surface area (Å²) < 4.78 is 12.7. The van der Waals surface area contributed by atoms with Crippen LogP contribution < -0.4 is 11.3 Å². The van der Waals surface area contributed by atoms with Gasteiger partial charge in [-0.15, -0.1) is 0 Å². The number of benzene rings is 1. The van der Waals surface area contributed by atoms with Crippen molar-refractivity contribution >= 4 is 22.8 Å². The minimum absolute atomic E-state index is 0.107. The Morgan fingerprint density at radius 3 is 2.76 bits per heavy atom. The van der Waals surface area contributed by atoms with Gasteiger partial charge in [0.2, 0.25) is 5.60 Å². The molecule has 1 aromatic carbocycles. The van der Waals surface area contributed by atoms with Crippen LogP contribution in [0.1, 0.15) is 43.9 Å². The third-order valence-corrected chi connectivity index (χ3v) is 6.65. The van der Waals surface area contributed by atoms with Gasteiger partial charge in [0.05, 0.1) is 29.0 Å². The van der Waals surface area contributed by atoms with Gasteiger partial charge < -0.3 is 19.8 Å². The average molecular weight is 447 g/mol. The Morgan fingerprint density at radius 2 is 2.03 bits per heavy atom. The zero-order valence-electron chi connectivity index (χ0n) is 18.8. The van der Waals surface area contributed by atoms with E-state index in [1.807, 2.05) is 30.3 Å². The monoisotopic (exact) mass is 447 g/mol. The molecule has 0 spiro atoms. The van der Waals surface area contributed by atoms with Crippen LogP contribution in [0.2, 0.25) is 0 Å². The molecule has 2 N–H and O–H groups in total. The Morgan fingerprint density at radius 1 is 1.27 bits per heavy atom. The predicted octanol–water partition coefficient (Wildman–Crippen LogP) is 2.61. The minimum Gasteiger partial charge on any atom is -0.457 e. The molecule has 2 aliphatic heterocycles. The highest BCUT2D eigenvalue weighted by Crippen LogP contribution is 2.41. The van der Waals surface area contributed by atoms with Crippen molar-refractivity contribution in [3.8, 4) is 11.4 Å². The highest BCUT2D eigenvalue weighted by Gasteiger charge is 2.51. The van der Waals surface area contributed by atoms with E-state index in [-0.39, 0.29) is 24.5 Å². The van der Waals surface area contributed by atoms with Gasteiger partial charge in [-0.05, 0) is 30.5 Å². The fourth-order valence-electron chi connectivity index (χ4n) is 4.59. The highest BCUT2D eigenvalue weighted by molar-refractivity contribution is 5.89. The van der Waals surface area contributed by atoms with Gasteiger partial charge in [0.1, 0.15) is 12.6 Å². The lowest BCUT2D eigenvalue weighted by atomic mass is 9.85. The second kappa shape index (κ2) is 7.52. The number of nitrogens with two attached hydrogens (primary N) is 1. The number of fused-ring (bicyclic) bond motifs is 5. The predicted molar refractivity (Wildman–Crippen MR) is 121 cm³/mol. The number of para-hydroxylation sites is 1. The quantitative estimate of drug-likeness (QED) is 0.478. The van der Waals surface area contributed by atoms with Crippen molar-refractivity contribution in [1.82, 2.24) is 9.55 Å². The van der Waals surface area contributed by atoms with E-state index in [4.69, 9.17) is 20.2 Å². The number of nitrogens with zero attached hydrogens (tertiary/aromatic N) is 2. The van der Waals surface area contributed by atoms with E-state index in [0.29, 0.717) is 29.1 Å². The van der Waals surface area contributed by atoms with Gasteiger partial charge in [0.25, 0.3) is 5.56 Å². The third kappa shape index (κ3) is 3.08. The Kier molecular flexibility index (Phi) is 4.86. The van der Waals surface area contributed by atoms with E-state index in [9.17, 15) is 14.4 Å². The molecule has 0 aliphatic carbocycles. The first-order valence-corrected chi connectivity index (χ1v) is 11.1. The highest BCUT2D eigenvalue weighted by atomic mass is 16.6. The number of ether oxygens (including phenoxy) is 2. The first-order chi connectivity index (χ1) is 15.8. The summed E-state index contributed by atoms with van der Waals surface area (Å²) in [6, 6.07) is 10.6. The summed E-state index contributed by atoms with van der Waals surface area (Å²) in [5.74, 6) is -1.59. The van der Waals surface area contributed by atoms with E-state index in [1.165, 1.54) is 0 Å². The van der Waals surface area contributed by atoms with Crippen molar-refractivity contribution in [3.05, 3.63) is 63.4 Å². The van der Waals surface area contributed by atoms with Gasteiger partial charge >= 0.3 is 11.9 Å². The number of carbonyl (C=O) groups is 2. The SMILES string of the molecule is CC[C@@]1(OC(=O)C(N)C(C)C)C(=O)OCc2c1cc1n(c2=O)Cc2cc3ccccc3nc2-1. The van der Waals surface area contributed by atoms with Gasteiger partial charge in [-0.3, -0.25) is 9.59 Å². The lowest BCUT2D eigenvalue weighted by Crippen LogP contribution is -2.50. The molecule has 0 fully saturated rings. The number of rotatable bonds is 4. The third-order valence-electron chi connectivity index (χ3n) is 6.65. The van der Waals surface area contributed by atoms with Crippen LogP contribution >= 0.6 is 0 Å². The van der Waals surface area contributed by atoms with Crippen molar-refractivity contribution in [1.29, 1.82) is 0 Å². The molecule has 0 saturated carbocycles. The van der Waals surface area contributed by atoms with Gasteiger partial charge in [-0.25, -0.2) is 9.78 Å². The molecule has 2 aromatic heterocycles. The standard InChI is InChI=1S/C25H25N3O5/c1-4-25(33-23(30)20(26)13(2)3)17-10-19-21-15(9-14-7-5-6-8-18(14)27-21)11-28(19)22(29)16(17)12-32-24(25)31/h5-10,13,20H,4,11-12,26H2,1-3H3/t20?,25-/m0/s1. The summed E-state index contributed by atoms with van der Waals surface area (Å²) in [6.07, 6.45) is 0.107. The fraction of sp³-hybridized carbons (Fsp3) is 0.360. The number of cyclic esters (lactones) is 1. The second-order valence-corrected chi connectivity index (χ2v) is 8.95. The summed E-state index contributed by atoms with van der Waals surface area (Å²) in [5.41, 5.74) is 7.65. The van der Waals surface area contributed by atoms with Crippen molar-refractivity contribution in [2.24, 2.45) is 11.7 Å². The molecular weight excluding hydrogens is 422 g/mol. The molecule has 0 radical (unpaired) electrons. The van der Waals surface area contributed by atoms with E-state index in [1.54, 1.807) is 31.4 Å². The zero-order valence-corrected chi connectivity index (χ0v) is 18.8. The second-order valence-electron chi connectivity index (χ2n) is 8.95. The summed E-state index contributed by atoms with van der Waals surface area (Å²) in [4.78, 5) is 44.1. The number of pyridine rings is 2. The molecule has 3 aromatic rings. The fourth-order valence-corrected chi connectivity index (χ4v) is 4.59. The first kappa shape index (κ1) is 21.3. The lowest BCUT2D eigenvalue weighted by Gasteiger charge is -2.36. The van der Waals surface area contributed by atoms with Crippen molar-refractivity contribution in [2.75, 3.05) is 0 Å². The molecule has 8 heteroatoms. The maximum Gasteiger partial charge on any atom is 0.355 e. The van der Waals surface area contributed by atoms with Crippen LogP contribution in [0.25, 0.3) is 22.3 Å². The Hall–Kier alpha value is -3.52. The van der Waals surface area contributed by atoms with Gasteiger partial charge in [-0.2, -0.15) is 0 Å². The molecule has 170 valence electrons. The summed E-state index contributed by atoms with van der Waals surface area (Å²) in [7, 11) is 0. The van der Waals surface area contributed by atoms with Gasteiger partial charge in [0.15, 0.2) is 0 Å². The average Bonchev–Trinajstić information content (AvgIpc) is 3.16. The van der Waals surface area contributed by atoms with Gasteiger partial charge in [-0.1, -0.05) is 39.0 Å². The lowest BCUT2D eigenvalue weighted by molar-refractivity contribution is -0.190. The van der Waals surface area contributed by atoms with Crippen LogP contribution in [0.3, 0.4) is 0 Å². The van der Waals surface area contributed by atoms with Crippen LogP contribution in [-0.4, -0.2) is 27.5 Å². The molecule has 8 nitrogen and oxygen atoms in total. The Labute approximate surface area is 190 Å². The Bertz CT molecular complexity index is 1380. The molecular formula is C25H25N3O5. The van der Waals surface area contributed by atoms with E-state index < -0.39 is 23.6 Å². The van der Waals surface area contributed by atoms with E-state index >= 15 is 0 Å².